The molecule has 0 unspecified atom stereocenters. The number of hydrogen-bond acceptors (Lipinski definition) is 10. The molecule has 0 saturated carbocycles. The summed E-state index contributed by atoms with van der Waals surface area (Å²) in [5, 5.41) is 2.71. The van der Waals surface area contributed by atoms with Crippen molar-refractivity contribution in [2.45, 2.75) is 38.2 Å². The first-order valence-corrected chi connectivity index (χ1v) is 13.2. The van der Waals surface area contributed by atoms with E-state index < -0.39 is 6.09 Å². The van der Waals surface area contributed by atoms with Crippen molar-refractivity contribution in [3.63, 3.8) is 0 Å². The van der Waals surface area contributed by atoms with E-state index in [0.29, 0.717) is 106 Å². The van der Waals surface area contributed by atoms with Crippen LogP contribution in [0, 0.1) is 0 Å². The first kappa shape index (κ1) is 32.7. The maximum absolute atomic E-state index is 11.8. The zero-order valence-corrected chi connectivity index (χ0v) is 21.8. The lowest BCUT2D eigenvalue weighted by Crippen LogP contribution is -2.31. The van der Waals surface area contributed by atoms with Gasteiger partial charge in [-0.1, -0.05) is 12.5 Å². The number of alkyl carbamates (subject to hydrolysis) is 1. The second kappa shape index (κ2) is 26.7. The predicted octanol–water partition coefficient (Wildman–Crippen LogP) is 1.68. The Balaban J connectivity index is 1.71. The van der Waals surface area contributed by atoms with Gasteiger partial charge in [-0.05, 0) is 31.8 Å². The van der Waals surface area contributed by atoms with Gasteiger partial charge in [0, 0.05) is 13.1 Å². The molecular weight excluding hydrogens is 472 g/mol. The molecule has 0 aromatic heterocycles. The molecule has 1 atom stereocenters. The number of hydrogen-bond donors (Lipinski definition) is 2. The Kier molecular flexibility index (Phi) is 24.3. The summed E-state index contributed by atoms with van der Waals surface area (Å²) >= 11 is 0. The minimum absolute atomic E-state index is 0.128. The Morgan fingerprint density at radius 2 is 1.14 bits per heavy atom. The van der Waals surface area contributed by atoms with Crippen molar-refractivity contribution in [1.82, 2.24) is 5.32 Å². The normalized spacial score (nSPS) is 16.9. The highest BCUT2D eigenvalue weighted by Crippen LogP contribution is 2.14. The molecule has 0 aromatic carbocycles. The van der Waals surface area contributed by atoms with E-state index in [1.807, 2.05) is 6.08 Å². The average Bonchev–Trinajstić information content (AvgIpc) is 2.86. The van der Waals surface area contributed by atoms with E-state index in [1.54, 1.807) is 0 Å². The topological polar surface area (TPSA) is 129 Å². The van der Waals surface area contributed by atoms with Gasteiger partial charge in [-0.15, -0.1) is 0 Å². The van der Waals surface area contributed by atoms with Crippen LogP contribution in [0.4, 0.5) is 4.79 Å². The van der Waals surface area contributed by atoms with Crippen LogP contribution < -0.4 is 11.1 Å². The second-order valence-corrected chi connectivity index (χ2v) is 8.01. The Hall–Kier alpha value is -1.31. The van der Waals surface area contributed by atoms with Crippen LogP contribution in [-0.2, 0) is 37.9 Å². The molecule has 0 aliphatic heterocycles. The van der Waals surface area contributed by atoms with Gasteiger partial charge >= 0.3 is 6.09 Å². The summed E-state index contributed by atoms with van der Waals surface area (Å²) in [6, 6.07) is 0. The van der Waals surface area contributed by atoms with E-state index in [-0.39, 0.29) is 6.10 Å². The number of rotatable bonds is 24. The largest absolute Gasteiger partial charge is 0.442 e. The molecule has 1 aliphatic rings. The minimum Gasteiger partial charge on any atom is -0.442 e. The molecule has 0 saturated heterocycles. The quantitative estimate of drug-likeness (QED) is 0.143. The van der Waals surface area contributed by atoms with Gasteiger partial charge in [0.25, 0.3) is 0 Å². The molecule has 36 heavy (non-hydrogen) atoms. The molecule has 0 bridgehead atoms. The van der Waals surface area contributed by atoms with Gasteiger partial charge in [-0.25, -0.2) is 4.79 Å². The zero-order chi connectivity index (χ0) is 25.8. The van der Waals surface area contributed by atoms with Crippen molar-refractivity contribution in [3.05, 3.63) is 12.2 Å². The molecule has 11 heteroatoms. The average molecular weight is 521 g/mol. The molecule has 3 N–H and O–H groups in total. The van der Waals surface area contributed by atoms with Gasteiger partial charge in [-0.3, -0.25) is 0 Å². The lowest BCUT2D eigenvalue weighted by atomic mass is 10.0. The summed E-state index contributed by atoms with van der Waals surface area (Å²) in [7, 11) is 0. The number of nitrogens with one attached hydrogen (secondary N) is 1. The third kappa shape index (κ3) is 23.1. The standard InChI is InChI=1S/C25H48N2O9/c26-8-10-29-12-14-31-16-18-33-20-22-35-23-21-34-19-17-32-15-13-30-11-9-27-25(28)36-24-6-4-2-1-3-5-7-24/h4,6,24H,1-3,5,7-23,26H2,(H,27,28)/b6-4-/t24-/m1/s1. The van der Waals surface area contributed by atoms with Crippen LogP contribution >= 0.6 is 0 Å². The summed E-state index contributed by atoms with van der Waals surface area (Å²) in [5.41, 5.74) is 5.32. The van der Waals surface area contributed by atoms with Crippen LogP contribution in [0.5, 0.6) is 0 Å². The fraction of sp³-hybridized carbons (Fsp3) is 0.880. The monoisotopic (exact) mass is 520 g/mol. The SMILES string of the molecule is NCCOCCOCCOCCOCCOCCOCCOCCNC(=O)O[C@@H]1/C=C\CCCCC1. The number of allylic oxidation sites excluding steroid dienone is 1. The van der Waals surface area contributed by atoms with E-state index >= 15 is 0 Å². The first-order chi connectivity index (χ1) is 17.8. The smallest absolute Gasteiger partial charge is 0.407 e. The van der Waals surface area contributed by atoms with E-state index in [9.17, 15) is 4.79 Å². The molecule has 0 heterocycles. The molecule has 11 nitrogen and oxygen atoms in total. The summed E-state index contributed by atoms with van der Waals surface area (Å²) in [6.45, 7) is 8.01. The molecule has 1 aliphatic carbocycles. The van der Waals surface area contributed by atoms with E-state index in [4.69, 9.17) is 43.6 Å². The van der Waals surface area contributed by atoms with E-state index in [2.05, 4.69) is 11.4 Å². The molecule has 1 rings (SSSR count). The van der Waals surface area contributed by atoms with Gasteiger partial charge < -0.3 is 48.9 Å². The molecule has 0 radical (unpaired) electrons. The van der Waals surface area contributed by atoms with Crippen LogP contribution in [-0.4, -0.2) is 118 Å². The minimum atomic E-state index is -0.399. The van der Waals surface area contributed by atoms with Crippen LogP contribution in [0.3, 0.4) is 0 Å². The third-order valence-electron chi connectivity index (χ3n) is 4.98. The van der Waals surface area contributed by atoms with Gasteiger partial charge in [0.1, 0.15) is 6.10 Å². The van der Waals surface area contributed by atoms with Gasteiger partial charge in [0.2, 0.25) is 0 Å². The molecule has 212 valence electrons. The Morgan fingerprint density at radius 1 is 0.667 bits per heavy atom. The summed E-state index contributed by atoms with van der Waals surface area (Å²) in [4.78, 5) is 11.8. The zero-order valence-electron chi connectivity index (χ0n) is 21.8. The van der Waals surface area contributed by atoms with Crippen molar-refractivity contribution in [1.29, 1.82) is 0 Å². The second-order valence-electron chi connectivity index (χ2n) is 8.01. The highest BCUT2D eigenvalue weighted by Gasteiger charge is 2.12. The number of ether oxygens (including phenoxy) is 8. The Bertz CT molecular complexity index is 512. The fourth-order valence-corrected chi connectivity index (χ4v) is 3.14. The predicted molar refractivity (Wildman–Crippen MR) is 135 cm³/mol. The van der Waals surface area contributed by atoms with Crippen molar-refractivity contribution < 1.29 is 42.7 Å². The summed E-state index contributed by atoms with van der Waals surface area (Å²) in [6.07, 6.45) is 8.98. The fourth-order valence-electron chi connectivity index (χ4n) is 3.14. The third-order valence-corrected chi connectivity index (χ3v) is 4.98. The first-order valence-electron chi connectivity index (χ1n) is 13.2. The lowest BCUT2D eigenvalue weighted by Gasteiger charge is -2.16. The number of carbonyl (C=O) groups excluding carboxylic acids is 1. The molecule has 0 fully saturated rings. The van der Waals surface area contributed by atoms with E-state index in [1.165, 1.54) is 12.8 Å². The maximum Gasteiger partial charge on any atom is 0.407 e. The molecule has 0 spiro atoms. The summed E-state index contributed by atoms with van der Waals surface area (Å²) < 4.78 is 43.1. The highest BCUT2D eigenvalue weighted by molar-refractivity contribution is 5.67. The Labute approximate surface area is 216 Å². The van der Waals surface area contributed by atoms with Gasteiger partial charge in [0.15, 0.2) is 0 Å². The van der Waals surface area contributed by atoms with Crippen molar-refractivity contribution >= 4 is 6.09 Å². The lowest BCUT2D eigenvalue weighted by molar-refractivity contribution is -0.0201. The number of amides is 1. The van der Waals surface area contributed by atoms with Crippen LogP contribution in [0.15, 0.2) is 12.2 Å². The Morgan fingerprint density at radius 3 is 1.64 bits per heavy atom. The van der Waals surface area contributed by atoms with Crippen molar-refractivity contribution in [2.75, 3.05) is 106 Å². The van der Waals surface area contributed by atoms with Crippen molar-refractivity contribution in [2.24, 2.45) is 5.73 Å². The van der Waals surface area contributed by atoms with Crippen molar-refractivity contribution in [3.8, 4) is 0 Å². The number of nitrogens with two attached hydrogens (primary N) is 1. The number of carbonyl (C=O) groups is 1. The highest BCUT2D eigenvalue weighted by atomic mass is 16.6. The van der Waals surface area contributed by atoms with E-state index in [0.717, 1.165) is 19.3 Å². The maximum atomic E-state index is 11.8. The van der Waals surface area contributed by atoms with Crippen LogP contribution in [0.2, 0.25) is 0 Å². The molecular formula is C25H48N2O9. The molecule has 0 aromatic rings. The molecule has 1 amide bonds. The van der Waals surface area contributed by atoms with Crippen LogP contribution in [0.25, 0.3) is 0 Å². The summed E-state index contributed by atoms with van der Waals surface area (Å²) in [5.74, 6) is 0. The van der Waals surface area contributed by atoms with Gasteiger partial charge in [-0.2, -0.15) is 0 Å². The van der Waals surface area contributed by atoms with Gasteiger partial charge in [0.05, 0.1) is 92.5 Å². The van der Waals surface area contributed by atoms with Crippen LogP contribution in [0.1, 0.15) is 32.1 Å².